The summed E-state index contributed by atoms with van der Waals surface area (Å²) >= 11 is 0. The van der Waals surface area contributed by atoms with E-state index in [-0.39, 0.29) is 5.56 Å². The lowest BCUT2D eigenvalue weighted by Gasteiger charge is -2.15. The van der Waals surface area contributed by atoms with E-state index in [1.807, 2.05) is 0 Å². The highest BCUT2D eigenvalue weighted by Crippen LogP contribution is 2.23. The van der Waals surface area contributed by atoms with Gasteiger partial charge in [0.15, 0.2) is 0 Å². The molecule has 0 bridgehead atoms. The molecule has 1 N–H and O–H groups in total. The maximum absolute atomic E-state index is 12.3. The fourth-order valence-electron chi connectivity index (χ4n) is 1.39. The van der Waals surface area contributed by atoms with E-state index >= 15 is 0 Å². The minimum atomic E-state index is -2.41. The molecule has 2 heterocycles. The normalized spacial score (nSPS) is 16.6. The second-order valence-corrected chi connectivity index (χ2v) is 2.75. The lowest BCUT2D eigenvalue weighted by atomic mass is 10.2. The van der Waals surface area contributed by atoms with Crippen molar-refractivity contribution in [2.24, 2.45) is 0 Å². The van der Waals surface area contributed by atoms with Gasteiger partial charge in [-0.05, 0) is 0 Å². The van der Waals surface area contributed by atoms with Crippen molar-refractivity contribution in [3.63, 3.8) is 0 Å². The first-order valence-electron chi connectivity index (χ1n) is 3.82. The van der Waals surface area contributed by atoms with Crippen LogP contribution >= 0.6 is 0 Å². The summed E-state index contributed by atoms with van der Waals surface area (Å²) in [4.78, 5) is 0. The van der Waals surface area contributed by atoms with Crippen LogP contribution in [0.15, 0.2) is 6.20 Å². The van der Waals surface area contributed by atoms with Crippen molar-refractivity contribution in [2.75, 3.05) is 6.54 Å². The Morgan fingerprint density at radius 3 is 3.17 bits per heavy atom. The smallest absolute Gasteiger partial charge is 0.267 e. The summed E-state index contributed by atoms with van der Waals surface area (Å²) in [6.45, 7) is 1.99. The summed E-state index contributed by atoms with van der Waals surface area (Å²) in [5, 5.41) is 6.90. The molecule has 5 heteroatoms. The maximum Gasteiger partial charge on any atom is 0.267 e. The predicted molar refractivity (Wildman–Crippen MR) is 38.9 cm³/mol. The van der Waals surface area contributed by atoms with Crippen LogP contribution in [0, 0.1) is 0 Å². The summed E-state index contributed by atoms with van der Waals surface area (Å²) < 4.78 is 26.3. The van der Waals surface area contributed by atoms with Gasteiger partial charge in [-0.3, -0.25) is 4.68 Å². The second kappa shape index (κ2) is 2.82. The summed E-state index contributed by atoms with van der Waals surface area (Å²) in [6.07, 6.45) is -1.15. The molecule has 0 fully saturated rings. The molecule has 3 nitrogen and oxygen atoms in total. The van der Waals surface area contributed by atoms with Crippen molar-refractivity contribution in [1.82, 2.24) is 15.1 Å². The van der Waals surface area contributed by atoms with Crippen LogP contribution in [0.4, 0.5) is 8.78 Å². The highest BCUT2D eigenvalue weighted by Gasteiger charge is 2.19. The third-order valence-corrected chi connectivity index (χ3v) is 2.01. The van der Waals surface area contributed by atoms with Crippen LogP contribution in [0.5, 0.6) is 0 Å². The molecule has 1 aromatic rings. The minimum Gasteiger partial charge on any atom is -0.309 e. The van der Waals surface area contributed by atoms with Crippen molar-refractivity contribution < 1.29 is 8.78 Å². The number of hydrogen-bond acceptors (Lipinski definition) is 2. The quantitative estimate of drug-likeness (QED) is 0.684. The van der Waals surface area contributed by atoms with Gasteiger partial charge in [0.1, 0.15) is 0 Å². The lowest BCUT2D eigenvalue weighted by molar-refractivity contribution is 0.149. The number of hydrogen-bond donors (Lipinski definition) is 1. The Hall–Kier alpha value is -0.970. The molecular weight excluding hydrogens is 164 g/mol. The average molecular weight is 173 g/mol. The largest absolute Gasteiger partial charge is 0.309 e. The SMILES string of the molecule is FC(F)c1cnn2c1CNCC2. The number of halogens is 2. The number of aromatic nitrogens is 2. The van der Waals surface area contributed by atoms with Gasteiger partial charge in [-0.15, -0.1) is 0 Å². The van der Waals surface area contributed by atoms with Crippen LogP contribution < -0.4 is 5.32 Å². The zero-order valence-corrected chi connectivity index (χ0v) is 6.43. The minimum absolute atomic E-state index is 0.0576. The topological polar surface area (TPSA) is 29.9 Å². The molecule has 0 spiro atoms. The Kier molecular flexibility index (Phi) is 1.80. The van der Waals surface area contributed by atoms with Gasteiger partial charge in [-0.2, -0.15) is 5.10 Å². The first kappa shape index (κ1) is 7.67. The molecule has 0 atom stereocenters. The zero-order chi connectivity index (χ0) is 8.55. The van der Waals surface area contributed by atoms with Crippen LogP contribution in [0.2, 0.25) is 0 Å². The molecule has 0 unspecified atom stereocenters. The Balaban J connectivity index is 2.38. The summed E-state index contributed by atoms with van der Waals surface area (Å²) in [7, 11) is 0. The van der Waals surface area contributed by atoms with Crippen LogP contribution in [-0.2, 0) is 13.1 Å². The fourth-order valence-corrected chi connectivity index (χ4v) is 1.39. The molecule has 0 amide bonds. The van der Waals surface area contributed by atoms with Crippen molar-refractivity contribution in [3.8, 4) is 0 Å². The number of alkyl halides is 2. The van der Waals surface area contributed by atoms with Gasteiger partial charge in [0, 0.05) is 13.1 Å². The van der Waals surface area contributed by atoms with Gasteiger partial charge >= 0.3 is 0 Å². The third-order valence-electron chi connectivity index (χ3n) is 2.01. The Bertz CT molecular complexity index is 282. The number of rotatable bonds is 1. The van der Waals surface area contributed by atoms with E-state index in [4.69, 9.17) is 0 Å². The zero-order valence-electron chi connectivity index (χ0n) is 6.43. The van der Waals surface area contributed by atoms with Crippen LogP contribution in [0.1, 0.15) is 17.7 Å². The van der Waals surface area contributed by atoms with Crippen LogP contribution in [-0.4, -0.2) is 16.3 Å². The standard InChI is InChI=1S/C7H9F2N3/c8-7(9)5-3-11-12-2-1-10-4-6(5)12/h3,7,10H,1-2,4H2. The first-order valence-corrected chi connectivity index (χ1v) is 3.82. The van der Waals surface area contributed by atoms with Gasteiger partial charge in [0.05, 0.1) is 24.0 Å². The lowest BCUT2D eigenvalue weighted by Crippen LogP contribution is -2.29. The van der Waals surface area contributed by atoms with Gasteiger partial charge < -0.3 is 5.32 Å². The molecule has 0 saturated heterocycles. The molecule has 66 valence electrons. The molecule has 12 heavy (non-hydrogen) atoms. The summed E-state index contributed by atoms with van der Waals surface area (Å²) in [6, 6.07) is 0. The fraction of sp³-hybridized carbons (Fsp3) is 0.571. The van der Waals surface area contributed by atoms with Crippen LogP contribution in [0.25, 0.3) is 0 Å². The molecule has 0 radical (unpaired) electrons. The average Bonchev–Trinajstić information content (AvgIpc) is 2.47. The monoisotopic (exact) mass is 173 g/mol. The summed E-state index contributed by atoms with van der Waals surface area (Å²) in [5.41, 5.74) is 0.679. The van der Waals surface area contributed by atoms with Crippen molar-refractivity contribution in [2.45, 2.75) is 19.5 Å². The highest BCUT2D eigenvalue weighted by molar-refractivity contribution is 5.19. The van der Waals surface area contributed by atoms with Gasteiger partial charge in [-0.25, -0.2) is 8.78 Å². The van der Waals surface area contributed by atoms with E-state index in [0.29, 0.717) is 18.8 Å². The molecule has 1 aliphatic heterocycles. The van der Waals surface area contributed by atoms with Gasteiger partial charge in [-0.1, -0.05) is 0 Å². The summed E-state index contributed by atoms with van der Waals surface area (Å²) in [5.74, 6) is 0. The van der Waals surface area contributed by atoms with E-state index in [1.54, 1.807) is 4.68 Å². The molecule has 2 rings (SSSR count). The first-order chi connectivity index (χ1) is 5.79. The highest BCUT2D eigenvalue weighted by atomic mass is 19.3. The molecule has 1 aliphatic rings. The second-order valence-electron chi connectivity index (χ2n) is 2.75. The van der Waals surface area contributed by atoms with Gasteiger partial charge in [0.25, 0.3) is 6.43 Å². The maximum atomic E-state index is 12.3. The molecule has 0 saturated carbocycles. The Labute approximate surface area is 68.4 Å². The van der Waals surface area contributed by atoms with Crippen molar-refractivity contribution in [1.29, 1.82) is 0 Å². The van der Waals surface area contributed by atoms with E-state index in [2.05, 4.69) is 10.4 Å². The third kappa shape index (κ3) is 1.10. The number of nitrogens with zero attached hydrogens (tertiary/aromatic N) is 2. The molecular formula is C7H9F2N3. The molecule has 1 aromatic heterocycles. The van der Waals surface area contributed by atoms with Crippen molar-refractivity contribution >= 4 is 0 Å². The van der Waals surface area contributed by atoms with Crippen molar-refractivity contribution in [3.05, 3.63) is 17.5 Å². The Morgan fingerprint density at radius 1 is 1.58 bits per heavy atom. The van der Waals surface area contributed by atoms with E-state index < -0.39 is 6.43 Å². The van der Waals surface area contributed by atoms with Gasteiger partial charge in [0.2, 0.25) is 0 Å². The van der Waals surface area contributed by atoms with E-state index in [0.717, 1.165) is 6.54 Å². The van der Waals surface area contributed by atoms with E-state index in [9.17, 15) is 8.78 Å². The number of nitrogens with one attached hydrogen (secondary N) is 1. The van der Waals surface area contributed by atoms with E-state index in [1.165, 1.54) is 6.20 Å². The van der Waals surface area contributed by atoms with Crippen LogP contribution in [0.3, 0.4) is 0 Å². The number of fused-ring (bicyclic) bond motifs is 1. The predicted octanol–water partition coefficient (Wildman–Crippen LogP) is 0.924. The Morgan fingerprint density at radius 2 is 2.42 bits per heavy atom. The molecule has 0 aromatic carbocycles. The molecule has 0 aliphatic carbocycles.